The van der Waals surface area contributed by atoms with Gasteiger partial charge in [0.1, 0.15) is 5.82 Å². The lowest BCUT2D eigenvalue weighted by Gasteiger charge is -2.17. The normalized spacial score (nSPS) is 21.6. The van der Waals surface area contributed by atoms with Gasteiger partial charge in [0.2, 0.25) is 10.0 Å². The van der Waals surface area contributed by atoms with Crippen LogP contribution in [0, 0.1) is 11.7 Å². The lowest BCUT2D eigenvalue weighted by Crippen LogP contribution is -2.31. The second kappa shape index (κ2) is 7.41. The van der Waals surface area contributed by atoms with Crippen LogP contribution < -0.4 is 5.73 Å². The summed E-state index contributed by atoms with van der Waals surface area (Å²) in [6.07, 6.45) is 0. The van der Waals surface area contributed by atoms with Gasteiger partial charge in [-0.15, -0.1) is 0 Å². The van der Waals surface area contributed by atoms with E-state index >= 15 is 0 Å². The molecule has 0 aromatic heterocycles. The molecular formula is C18H20ClFN2O2S. The van der Waals surface area contributed by atoms with E-state index in [1.807, 2.05) is 30.3 Å². The van der Waals surface area contributed by atoms with Crippen molar-refractivity contribution >= 4 is 21.6 Å². The van der Waals surface area contributed by atoms with Crippen LogP contribution in [0.3, 0.4) is 0 Å². The quantitative estimate of drug-likeness (QED) is 0.864. The first kappa shape index (κ1) is 18.3. The van der Waals surface area contributed by atoms with Gasteiger partial charge in [-0.2, -0.15) is 0 Å². The molecule has 2 N–H and O–H groups in total. The molecule has 0 unspecified atom stereocenters. The van der Waals surface area contributed by atoms with Gasteiger partial charge in [-0.3, -0.25) is 0 Å². The topological polar surface area (TPSA) is 63.4 Å². The standard InChI is InChI=1S/C18H20ClFN2O2S/c19-17-8-13(6-7-18(17)20)12-25(23,24)22-10-15(9-21)16(11-22)14-4-2-1-3-5-14/h1-8,15-16H,9-12,21H2/t15-,16+/m1/s1. The van der Waals surface area contributed by atoms with Gasteiger partial charge in [-0.25, -0.2) is 17.1 Å². The van der Waals surface area contributed by atoms with Gasteiger partial charge in [0, 0.05) is 19.0 Å². The van der Waals surface area contributed by atoms with Crippen molar-refractivity contribution in [2.45, 2.75) is 11.7 Å². The van der Waals surface area contributed by atoms with E-state index in [2.05, 4.69) is 0 Å². The molecule has 0 saturated carbocycles. The van der Waals surface area contributed by atoms with Crippen LogP contribution in [0.4, 0.5) is 4.39 Å². The van der Waals surface area contributed by atoms with Crippen molar-refractivity contribution in [3.05, 3.63) is 70.5 Å². The van der Waals surface area contributed by atoms with Gasteiger partial charge in [0.15, 0.2) is 0 Å². The van der Waals surface area contributed by atoms with Crippen molar-refractivity contribution < 1.29 is 12.8 Å². The highest BCUT2D eigenvalue weighted by atomic mass is 35.5. The summed E-state index contributed by atoms with van der Waals surface area (Å²) in [5, 5.41) is -0.0730. The van der Waals surface area contributed by atoms with Gasteiger partial charge < -0.3 is 5.73 Å². The monoisotopic (exact) mass is 382 g/mol. The Morgan fingerprint density at radius 1 is 1.16 bits per heavy atom. The average Bonchev–Trinajstić information content (AvgIpc) is 3.04. The predicted octanol–water partition coefficient (Wildman–Crippen LogP) is 2.98. The van der Waals surface area contributed by atoms with Crippen LogP contribution in [0.5, 0.6) is 0 Å². The Labute approximate surface area is 152 Å². The molecule has 1 fully saturated rings. The molecule has 0 amide bonds. The Balaban J connectivity index is 1.79. The lowest BCUT2D eigenvalue weighted by atomic mass is 9.89. The molecule has 3 rings (SSSR count). The highest BCUT2D eigenvalue weighted by Crippen LogP contribution is 2.34. The third-order valence-corrected chi connectivity index (χ3v) is 6.74. The van der Waals surface area contributed by atoms with E-state index in [-0.39, 0.29) is 22.6 Å². The van der Waals surface area contributed by atoms with Crippen LogP contribution in [-0.2, 0) is 15.8 Å². The van der Waals surface area contributed by atoms with Gasteiger partial charge in [-0.1, -0.05) is 48.0 Å². The summed E-state index contributed by atoms with van der Waals surface area (Å²) in [5.74, 6) is -0.602. The fourth-order valence-electron chi connectivity index (χ4n) is 3.31. The summed E-state index contributed by atoms with van der Waals surface area (Å²) < 4.78 is 40.3. The molecule has 134 valence electrons. The number of halogens is 2. The number of sulfonamides is 1. The van der Waals surface area contributed by atoms with Crippen LogP contribution in [0.25, 0.3) is 0 Å². The molecule has 2 aromatic rings. The number of benzene rings is 2. The summed E-state index contributed by atoms with van der Waals surface area (Å²) in [6.45, 7) is 1.23. The van der Waals surface area contributed by atoms with Crippen molar-refractivity contribution in [2.24, 2.45) is 11.7 Å². The molecule has 1 heterocycles. The summed E-state index contributed by atoms with van der Waals surface area (Å²) in [7, 11) is -3.53. The number of nitrogens with zero attached hydrogens (tertiary/aromatic N) is 1. The molecule has 2 aromatic carbocycles. The van der Waals surface area contributed by atoms with Crippen LogP contribution in [0.15, 0.2) is 48.5 Å². The smallest absolute Gasteiger partial charge is 0.218 e. The van der Waals surface area contributed by atoms with Crippen LogP contribution in [0.1, 0.15) is 17.0 Å². The number of nitrogens with two attached hydrogens (primary N) is 1. The first-order valence-corrected chi connectivity index (χ1v) is 10.1. The average molecular weight is 383 g/mol. The Bertz CT molecular complexity index is 845. The van der Waals surface area contributed by atoms with Crippen LogP contribution in [-0.4, -0.2) is 32.4 Å². The fraction of sp³-hybridized carbons (Fsp3) is 0.333. The van der Waals surface area contributed by atoms with Crippen molar-refractivity contribution in [2.75, 3.05) is 19.6 Å². The van der Waals surface area contributed by atoms with E-state index in [0.717, 1.165) is 5.56 Å². The molecule has 0 radical (unpaired) electrons. The zero-order chi connectivity index (χ0) is 18.0. The first-order valence-electron chi connectivity index (χ1n) is 8.07. The van der Waals surface area contributed by atoms with Crippen LogP contribution in [0.2, 0.25) is 5.02 Å². The molecule has 0 aliphatic carbocycles. The maximum atomic E-state index is 13.3. The second-order valence-electron chi connectivity index (χ2n) is 6.33. The predicted molar refractivity (Wildman–Crippen MR) is 97.3 cm³/mol. The molecule has 25 heavy (non-hydrogen) atoms. The highest BCUT2D eigenvalue weighted by molar-refractivity contribution is 7.88. The van der Waals surface area contributed by atoms with E-state index in [0.29, 0.717) is 25.2 Å². The lowest BCUT2D eigenvalue weighted by molar-refractivity contribution is 0.458. The Hall–Kier alpha value is -1.47. The number of rotatable bonds is 5. The number of hydrogen-bond donors (Lipinski definition) is 1. The highest BCUT2D eigenvalue weighted by Gasteiger charge is 2.38. The molecule has 0 spiro atoms. The van der Waals surface area contributed by atoms with E-state index in [1.165, 1.54) is 22.5 Å². The molecule has 1 aliphatic heterocycles. The van der Waals surface area contributed by atoms with Crippen molar-refractivity contribution in [1.82, 2.24) is 4.31 Å². The van der Waals surface area contributed by atoms with E-state index < -0.39 is 15.8 Å². The SMILES string of the molecule is NC[C@@H]1CN(S(=O)(=O)Cc2ccc(F)c(Cl)c2)C[C@H]1c1ccccc1. The summed E-state index contributed by atoms with van der Waals surface area (Å²) >= 11 is 5.75. The third-order valence-electron chi connectivity index (χ3n) is 4.66. The summed E-state index contributed by atoms with van der Waals surface area (Å²) in [4.78, 5) is 0. The molecular weight excluding hydrogens is 363 g/mol. The third kappa shape index (κ3) is 4.03. The van der Waals surface area contributed by atoms with Gasteiger partial charge >= 0.3 is 0 Å². The maximum Gasteiger partial charge on any atom is 0.218 e. The molecule has 0 bridgehead atoms. The minimum absolute atomic E-state index is 0.0730. The van der Waals surface area contributed by atoms with Gasteiger partial charge in [0.25, 0.3) is 0 Å². The van der Waals surface area contributed by atoms with Crippen molar-refractivity contribution in [3.8, 4) is 0 Å². The molecule has 7 heteroatoms. The minimum atomic E-state index is -3.53. The van der Waals surface area contributed by atoms with Crippen LogP contribution >= 0.6 is 11.6 Å². The molecule has 1 saturated heterocycles. The fourth-order valence-corrected chi connectivity index (χ4v) is 5.10. The molecule has 4 nitrogen and oxygen atoms in total. The first-order chi connectivity index (χ1) is 11.9. The zero-order valence-corrected chi connectivity index (χ0v) is 15.2. The van der Waals surface area contributed by atoms with Crippen molar-refractivity contribution in [3.63, 3.8) is 0 Å². The van der Waals surface area contributed by atoms with E-state index in [4.69, 9.17) is 17.3 Å². The number of hydrogen-bond acceptors (Lipinski definition) is 3. The molecule has 2 atom stereocenters. The Morgan fingerprint density at radius 3 is 2.52 bits per heavy atom. The molecule has 1 aliphatic rings. The maximum absolute atomic E-state index is 13.3. The van der Waals surface area contributed by atoms with E-state index in [9.17, 15) is 12.8 Å². The minimum Gasteiger partial charge on any atom is -0.330 e. The second-order valence-corrected chi connectivity index (χ2v) is 8.71. The van der Waals surface area contributed by atoms with Gasteiger partial charge in [-0.05, 0) is 35.7 Å². The van der Waals surface area contributed by atoms with Gasteiger partial charge in [0.05, 0.1) is 10.8 Å². The Morgan fingerprint density at radius 2 is 1.88 bits per heavy atom. The van der Waals surface area contributed by atoms with E-state index in [1.54, 1.807) is 0 Å². The van der Waals surface area contributed by atoms with Crippen molar-refractivity contribution in [1.29, 1.82) is 0 Å². The largest absolute Gasteiger partial charge is 0.330 e. The summed E-state index contributed by atoms with van der Waals surface area (Å²) in [5.41, 5.74) is 7.44. The summed E-state index contributed by atoms with van der Waals surface area (Å²) in [6, 6.07) is 13.8. The zero-order valence-electron chi connectivity index (χ0n) is 13.6. The Kier molecular flexibility index (Phi) is 5.43.